The summed E-state index contributed by atoms with van der Waals surface area (Å²) in [6.07, 6.45) is 3.16. The molecular formula is C24H26N4OS. The third-order valence-electron chi connectivity index (χ3n) is 6.03. The van der Waals surface area contributed by atoms with Crippen molar-refractivity contribution in [3.63, 3.8) is 0 Å². The van der Waals surface area contributed by atoms with Crippen LogP contribution in [0.5, 0.6) is 0 Å². The van der Waals surface area contributed by atoms with E-state index in [9.17, 15) is 5.11 Å². The second-order valence-electron chi connectivity index (χ2n) is 8.89. The van der Waals surface area contributed by atoms with Gasteiger partial charge in [0.05, 0.1) is 22.1 Å². The zero-order valence-corrected chi connectivity index (χ0v) is 18.1. The molecule has 30 heavy (non-hydrogen) atoms. The minimum Gasteiger partial charge on any atom is -0.390 e. The minimum atomic E-state index is -0.659. The fraction of sp³-hybridized carbons (Fsp3) is 0.333. The van der Waals surface area contributed by atoms with E-state index < -0.39 is 11.1 Å². The van der Waals surface area contributed by atoms with Crippen molar-refractivity contribution in [2.45, 2.75) is 36.8 Å². The monoisotopic (exact) mass is 418 g/mol. The van der Waals surface area contributed by atoms with Crippen LogP contribution >= 0.6 is 11.3 Å². The standard InChI is InChI=1S/C24H26N4OS/c1-23(29)14-24(25,15-23)19-10-8-16(9-11-19)20-21(17-6-4-3-5-7-17)30-22(27-20)18-12-26-28(2)13-18/h3-12,18,29H,13-15,25H2,1-2H3/t18?,23-,24-. The Labute approximate surface area is 180 Å². The Kier molecular flexibility index (Phi) is 4.54. The summed E-state index contributed by atoms with van der Waals surface area (Å²) < 4.78 is 0. The van der Waals surface area contributed by atoms with Crippen LogP contribution in [0.25, 0.3) is 21.7 Å². The van der Waals surface area contributed by atoms with Crippen LogP contribution in [0.15, 0.2) is 59.7 Å². The van der Waals surface area contributed by atoms with Gasteiger partial charge in [-0.2, -0.15) is 5.10 Å². The number of aromatic nitrogens is 1. The molecule has 1 aliphatic carbocycles. The van der Waals surface area contributed by atoms with E-state index in [1.807, 2.05) is 31.3 Å². The molecule has 1 unspecified atom stereocenters. The number of rotatable bonds is 4. The van der Waals surface area contributed by atoms with Crippen LogP contribution < -0.4 is 5.73 Å². The highest BCUT2D eigenvalue weighted by Gasteiger charge is 2.49. The lowest BCUT2D eigenvalue weighted by molar-refractivity contribution is -0.0738. The molecule has 1 saturated carbocycles. The fourth-order valence-electron chi connectivity index (χ4n) is 4.66. The van der Waals surface area contributed by atoms with E-state index in [4.69, 9.17) is 10.7 Å². The fourth-order valence-corrected chi connectivity index (χ4v) is 5.81. The van der Waals surface area contributed by atoms with Gasteiger partial charge in [-0.1, -0.05) is 54.6 Å². The summed E-state index contributed by atoms with van der Waals surface area (Å²) in [5.41, 5.74) is 9.74. The van der Waals surface area contributed by atoms with Crippen molar-refractivity contribution in [2.24, 2.45) is 10.8 Å². The molecule has 0 bridgehead atoms. The maximum Gasteiger partial charge on any atom is 0.104 e. The summed E-state index contributed by atoms with van der Waals surface area (Å²) in [7, 11) is 1.99. The van der Waals surface area contributed by atoms with E-state index in [0.717, 1.165) is 28.4 Å². The number of thiazole rings is 1. The van der Waals surface area contributed by atoms with E-state index >= 15 is 0 Å². The SMILES string of the molecule is CN1CC(c2nc(-c3ccc([C@]4(N)C[C@](C)(O)C4)cc3)c(-c3ccccc3)s2)C=N1. The average molecular weight is 419 g/mol. The third-order valence-corrected chi connectivity index (χ3v) is 7.26. The zero-order valence-electron chi connectivity index (χ0n) is 17.2. The normalized spacial score (nSPS) is 28.0. The molecule has 1 aromatic heterocycles. The van der Waals surface area contributed by atoms with Gasteiger partial charge in [0.2, 0.25) is 0 Å². The first-order valence-corrected chi connectivity index (χ1v) is 11.1. The van der Waals surface area contributed by atoms with Crippen LogP contribution in [0.4, 0.5) is 0 Å². The number of aliphatic hydroxyl groups is 1. The van der Waals surface area contributed by atoms with Gasteiger partial charge in [-0.05, 0) is 30.9 Å². The Bertz CT molecular complexity index is 1080. The molecule has 0 radical (unpaired) electrons. The molecule has 5 rings (SSSR count). The van der Waals surface area contributed by atoms with Crippen LogP contribution in [-0.2, 0) is 5.54 Å². The second-order valence-corrected chi connectivity index (χ2v) is 9.92. The molecule has 1 aliphatic heterocycles. The van der Waals surface area contributed by atoms with Crippen LogP contribution in [0, 0.1) is 0 Å². The number of nitrogens with zero attached hydrogens (tertiary/aromatic N) is 3. The lowest BCUT2D eigenvalue weighted by Gasteiger charge is -2.49. The Morgan fingerprint density at radius 2 is 1.77 bits per heavy atom. The van der Waals surface area contributed by atoms with Crippen molar-refractivity contribution < 1.29 is 5.11 Å². The minimum absolute atomic E-state index is 0.222. The first kappa shape index (κ1) is 19.4. The molecule has 6 heteroatoms. The molecule has 0 amide bonds. The molecule has 0 saturated heterocycles. The number of hydrazone groups is 1. The van der Waals surface area contributed by atoms with Crippen molar-refractivity contribution in [3.8, 4) is 21.7 Å². The lowest BCUT2D eigenvalue weighted by Crippen LogP contribution is -2.58. The van der Waals surface area contributed by atoms with E-state index in [-0.39, 0.29) is 5.92 Å². The number of likely N-dealkylation sites (N-methyl/N-ethyl adjacent to an activating group) is 1. The average Bonchev–Trinajstić information content (AvgIpc) is 3.34. The Hall–Kier alpha value is -2.54. The molecule has 154 valence electrons. The first-order valence-electron chi connectivity index (χ1n) is 10.3. The van der Waals surface area contributed by atoms with E-state index in [1.54, 1.807) is 11.3 Å². The van der Waals surface area contributed by atoms with Gasteiger partial charge in [0.1, 0.15) is 5.01 Å². The quantitative estimate of drug-likeness (QED) is 0.666. The van der Waals surface area contributed by atoms with E-state index in [1.165, 1.54) is 10.4 Å². The molecule has 2 aliphatic rings. The number of nitrogens with two attached hydrogens (primary N) is 1. The van der Waals surface area contributed by atoms with E-state index in [0.29, 0.717) is 12.8 Å². The summed E-state index contributed by atoms with van der Waals surface area (Å²) in [5, 5.41) is 17.6. The van der Waals surface area contributed by atoms with Gasteiger partial charge in [-0.15, -0.1) is 11.3 Å². The van der Waals surface area contributed by atoms with Crippen molar-refractivity contribution in [1.82, 2.24) is 9.99 Å². The topological polar surface area (TPSA) is 74.7 Å². The summed E-state index contributed by atoms with van der Waals surface area (Å²) >= 11 is 1.75. The van der Waals surface area contributed by atoms with Crippen molar-refractivity contribution in [2.75, 3.05) is 13.6 Å². The van der Waals surface area contributed by atoms with Gasteiger partial charge in [0.25, 0.3) is 0 Å². The maximum atomic E-state index is 10.1. The number of hydrogen-bond donors (Lipinski definition) is 2. The van der Waals surface area contributed by atoms with Crippen molar-refractivity contribution >= 4 is 17.6 Å². The predicted octanol–water partition coefficient (Wildman–Crippen LogP) is 4.19. The smallest absolute Gasteiger partial charge is 0.104 e. The molecular weight excluding hydrogens is 392 g/mol. The van der Waals surface area contributed by atoms with Gasteiger partial charge in [0, 0.05) is 30.9 Å². The summed E-state index contributed by atoms with van der Waals surface area (Å²) in [6, 6.07) is 18.8. The van der Waals surface area contributed by atoms with Gasteiger partial charge in [-0.3, -0.25) is 5.01 Å². The molecule has 2 heterocycles. The Balaban J connectivity index is 1.51. The van der Waals surface area contributed by atoms with Crippen molar-refractivity contribution in [3.05, 3.63) is 65.2 Å². The molecule has 2 aromatic carbocycles. The molecule has 0 spiro atoms. The summed E-state index contributed by atoms with van der Waals surface area (Å²) in [5.74, 6) is 0.222. The first-order chi connectivity index (χ1) is 14.3. The highest BCUT2D eigenvalue weighted by atomic mass is 32.1. The molecule has 1 atom stereocenters. The Morgan fingerprint density at radius 1 is 1.07 bits per heavy atom. The lowest BCUT2D eigenvalue weighted by atomic mass is 9.63. The number of benzene rings is 2. The number of hydrogen-bond acceptors (Lipinski definition) is 6. The van der Waals surface area contributed by atoms with E-state index in [2.05, 4.69) is 53.6 Å². The highest BCUT2D eigenvalue weighted by Crippen LogP contribution is 2.47. The van der Waals surface area contributed by atoms with Gasteiger partial charge < -0.3 is 10.8 Å². The largest absolute Gasteiger partial charge is 0.390 e. The van der Waals surface area contributed by atoms with Crippen LogP contribution in [-0.4, -0.2) is 40.5 Å². The zero-order chi connectivity index (χ0) is 20.9. The predicted molar refractivity (Wildman–Crippen MR) is 123 cm³/mol. The molecule has 3 N–H and O–H groups in total. The molecule has 5 nitrogen and oxygen atoms in total. The van der Waals surface area contributed by atoms with Gasteiger partial charge >= 0.3 is 0 Å². The van der Waals surface area contributed by atoms with Crippen LogP contribution in [0.2, 0.25) is 0 Å². The van der Waals surface area contributed by atoms with Gasteiger partial charge in [-0.25, -0.2) is 4.98 Å². The summed E-state index contributed by atoms with van der Waals surface area (Å²) in [4.78, 5) is 6.23. The highest BCUT2D eigenvalue weighted by molar-refractivity contribution is 7.15. The van der Waals surface area contributed by atoms with Crippen LogP contribution in [0.1, 0.15) is 36.3 Å². The molecule has 1 fully saturated rings. The Morgan fingerprint density at radius 3 is 2.37 bits per heavy atom. The van der Waals surface area contributed by atoms with Crippen molar-refractivity contribution in [1.29, 1.82) is 0 Å². The summed E-state index contributed by atoms with van der Waals surface area (Å²) in [6.45, 7) is 2.70. The van der Waals surface area contributed by atoms with Gasteiger partial charge in [0.15, 0.2) is 0 Å². The maximum absolute atomic E-state index is 10.1. The third kappa shape index (κ3) is 3.45. The molecule has 3 aromatic rings. The van der Waals surface area contributed by atoms with Crippen LogP contribution in [0.3, 0.4) is 0 Å². The second kappa shape index (κ2) is 7.01.